The van der Waals surface area contributed by atoms with E-state index in [-0.39, 0.29) is 17.0 Å². The van der Waals surface area contributed by atoms with E-state index in [9.17, 15) is 19.7 Å². The Labute approximate surface area is 144 Å². The minimum absolute atomic E-state index is 0.161. The van der Waals surface area contributed by atoms with E-state index in [2.05, 4.69) is 0 Å². The molecule has 0 aromatic heterocycles. The molecule has 0 bridgehead atoms. The lowest BCUT2D eigenvalue weighted by Gasteiger charge is -2.16. The molecule has 0 aliphatic heterocycles. The number of carbonyl (C=O) groups is 2. The Balaban J connectivity index is 1.68. The largest absolute Gasteiger partial charge is 0.454 e. The van der Waals surface area contributed by atoms with Crippen LogP contribution in [0.15, 0.2) is 42.5 Å². The minimum Gasteiger partial charge on any atom is -0.454 e. The van der Waals surface area contributed by atoms with Crippen LogP contribution in [-0.4, -0.2) is 23.3 Å². The highest BCUT2D eigenvalue weighted by Gasteiger charge is 2.21. The van der Waals surface area contributed by atoms with E-state index in [1.165, 1.54) is 35.4 Å². The average Bonchev–Trinajstić information content (AvgIpc) is 2.65. The van der Waals surface area contributed by atoms with Gasteiger partial charge in [0.15, 0.2) is 12.4 Å². The van der Waals surface area contributed by atoms with Crippen molar-refractivity contribution in [2.75, 3.05) is 6.61 Å². The molecule has 0 saturated heterocycles. The van der Waals surface area contributed by atoms with E-state index in [4.69, 9.17) is 4.74 Å². The van der Waals surface area contributed by atoms with Gasteiger partial charge in [-0.1, -0.05) is 24.3 Å². The average molecular weight is 339 g/mol. The fraction of sp³-hybridized carbons (Fsp3) is 0.263. The molecular formula is C19H17NO5. The maximum Gasteiger partial charge on any atom is 0.345 e. The van der Waals surface area contributed by atoms with Crippen LogP contribution in [0.5, 0.6) is 0 Å². The molecule has 25 heavy (non-hydrogen) atoms. The summed E-state index contributed by atoms with van der Waals surface area (Å²) in [4.78, 5) is 34.6. The monoisotopic (exact) mass is 339 g/mol. The zero-order valence-electron chi connectivity index (χ0n) is 13.6. The maximum atomic E-state index is 12.3. The summed E-state index contributed by atoms with van der Waals surface area (Å²) in [6.07, 6.45) is 4.24. The number of para-hydroxylation sites is 1. The summed E-state index contributed by atoms with van der Waals surface area (Å²) in [5, 5.41) is 11.0. The number of rotatable bonds is 5. The number of hydrogen-bond acceptors (Lipinski definition) is 5. The van der Waals surface area contributed by atoms with Crippen LogP contribution in [0.25, 0.3) is 0 Å². The second kappa shape index (κ2) is 7.25. The summed E-state index contributed by atoms with van der Waals surface area (Å²) in [6.45, 7) is -0.441. The van der Waals surface area contributed by atoms with Crippen molar-refractivity contribution in [3.63, 3.8) is 0 Å². The molecule has 0 atom stereocenters. The first kappa shape index (κ1) is 16.8. The first-order chi connectivity index (χ1) is 12.1. The summed E-state index contributed by atoms with van der Waals surface area (Å²) in [5.41, 5.74) is 2.43. The van der Waals surface area contributed by atoms with Crippen molar-refractivity contribution in [3.05, 3.63) is 74.8 Å². The Kier molecular flexibility index (Phi) is 4.88. The van der Waals surface area contributed by atoms with E-state index in [0.717, 1.165) is 25.7 Å². The number of aryl methyl sites for hydroxylation is 2. The maximum absolute atomic E-state index is 12.3. The van der Waals surface area contributed by atoms with Crippen molar-refractivity contribution in [2.24, 2.45) is 0 Å². The second-order valence-corrected chi connectivity index (χ2v) is 5.96. The van der Waals surface area contributed by atoms with Crippen molar-refractivity contribution < 1.29 is 19.2 Å². The summed E-state index contributed by atoms with van der Waals surface area (Å²) >= 11 is 0. The predicted molar refractivity (Wildman–Crippen MR) is 90.8 cm³/mol. The highest BCUT2D eigenvalue weighted by Crippen LogP contribution is 2.23. The molecule has 2 aromatic rings. The smallest absolute Gasteiger partial charge is 0.345 e. The molecule has 0 radical (unpaired) electrons. The number of nitrogens with zero attached hydrogens (tertiary/aromatic N) is 1. The van der Waals surface area contributed by atoms with Crippen molar-refractivity contribution in [3.8, 4) is 0 Å². The summed E-state index contributed by atoms with van der Waals surface area (Å²) in [6, 6.07) is 11.1. The Hall–Kier alpha value is -3.02. The zero-order valence-corrected chi connectivity index (χ0v) is 13.6. The van der Waals surface area contributed by atoms with Crippen LogP contribution >= 0.6 is 0 Å². The molecule has 0 spiro atoms. The van der Waals surface area contributed by atoms with E-state index in [1.807, 2.05) is 12.1 Å². The first-order valence-corrected chi connectivity index (χ1v) is 8.12. The summed E-state index contributed by atoms with van der Waals surface area (Å²) in [7, 11) is 0. The highest BCUT2D eigenvalue weighted by atomic mass is 16.6. The Morgan fingerprint density at radius 3 is 2.52 bits per heavy atom. The fourth-order valence-corrected chi connectivity index (χ4v) is 3.00. The highest BCUT2D eigenvalue weighted by molar-refractivity contribution is 6.00. The Morgan fingerprint density at radius 1 is 1.04 bits per heavy atom. The van der Waals surface area contributed by atoms with Gasteiger partial charge in [0.2, 0.25) is 0 Å². The van der Waals surface area contributed by atoms with Crippen molar-refractivity contribution in [2.45, 2.75) is 25.7 Å². The van der Waals surface area contributed by atoms with Gasteiger partial charge in [-0.05, 0) is 48.9 Å². The molecule has 0 amide bonds. The van der Waals surface area contributed by atoms with Gasteiger partial charge in [0.1, 0.15) is 5.56 Å². The Morgan fingerprint density at radius 2 is 1.76 bits per heavy atom. The van der Waals surface area contributed by atoms with Crippen LogP contribution in [-0.2, 0) is 17.6 Å². The number of fused-ring (bicyclic) bond motifs is 1. The van der Waals surface area contributed by atoms with Gasteiger partial charge in [-0.2, -0.15) is 0 Å². The summed E-state index contributed by atoms with van der Waals surface area (Å²) < 4.78 is 4.99. The van der Waals surface area contributed by atoms with E-state index in [0.29, 0.717) is 5.56 Å². The molecule has 128 valence electrons. The van der Waals surface area contributed by atoms with E-state index < -0.39 is 17.5 Å². The number of ether oxygens (including phenoxy) is 1. The van der Waals surface area contributed by atoms with Crippen LogP contribution in [0.4, 0.5) is 5.69 Å². The molecule has 1 aliphatic carbocycles. The van der Waals surface area contributed by atoms with Crippen molar-refractivity contribution in [1.29, 1.82) is 0 Å². The number of benzene rings is 2. The van der Waals surface area contributed by atoms with Gasteiger partial charge in [-0.15, -0.1) is 0 Å². The number of Topliss-reactive ketones (excluding diaryl/α,β-unsaturated/α-hetero) is 1. The quantitative estimate of drug-likeness (QED) is 0.360. The number of hydrogen-bond donors (Lipinski definition) is 0. The molecule has 0 heterocycles. The molecule has 3 rings (SSSR count). The molecule has 6 heteroatoms. The van der Waals surface area contributed by atoms with Gasteiger partial charge in [0, 0.05) is 11.6 Å². The molecule has 6 nitrogen and oxygen atoms in total. The van der Waals surface area contributed by atoms with E-state index in [1.54, 1.807) is 6.07 Å². The molecule has 0 fully saturated rings. The molecule has 1 aliphatic rings. The van der Waals surface area contributed by atoms with Gasteiger partial charge in [-0.3, -0.25) is 14.9 Å². The van der Waals surface area contributed by atoms with Crippen molar-refractivity contribution >= 4 is 17.4 Å². The molecule has 0 N–H and O–H groups in total. The normalized spacial score (nSPS) is 13.0. The third kappa shape index (κ3) is 3.74. The van der Waals surface area contributed by atoms with Crippen LogP contribution in [0.1, 0.15) is 44.7 Å². The lowest BCUT2D eigenvalue weighted by molar-refractivity contribution is -0.385. The lowest BCUT2D eigenvalue weighted by atomic mass is 9.90. The van der Waals surface area contributed by atoms with Gasteiger partial charge in [-0.25, -0.2) is 4.79 Å². The van der Waals surface area contributed by atoms with Gasteiger partial charge in [0.05, 0.1) is 4.92 Å². The standard InChI is InChI=1S/C19H17NO5/c21-18(15-10-9-13-5-1-2-6-14(13)11-15)12-25-19(22)16-7-3-4-8-17(16)20(23)24/h3-4,7-11H,1-2,5-6,12H2. The number of ketones is 1. The third-order valence-electron chi connectivity index (χ3n) is 4.33. The topological polar surface area (TPSA) is 86.5 Å². The first-order valence-electron chi connectivity index (χ1n) is 8.12. The van der Waals surface area contributed by atoms with Gasteiger partial charge >= 0.3 is 5.97 Å². The predicted octanol–water partition coefficient (Wildman–Crippen LogP) is 3.51. The van der Waals surface area contributed by atoms with Crippen LogP contribution < -0.4 is 0 Å². The molecule has 2 aromatic carbocycles. The summed E-state index contributed by atoms with van der Waals surface area (Å²) in [5.74, 6) is -1.20. The molecule has 0 saturated carbocycles. The van der Waals surface area contributed by atoms with Crippen LogP contribution in [0.2, 0.25) is 0 Å². The van der Waals surface area contributed by atoms with Gasteiger partial charge < -0.3 is 4.74 Å². The molecular weight excluding hydrogens is 322 g/mol. The van der Waals surface area contributed by atoms with Crippen LogP contribution in [0, 0.1) is 10.1 Å². The third-order valence-corrected chi connectivity index (χ3v) is 4.33. The Bertz CT molecular complexity index is 843. The number of esters is 1. The number of nitro benzene ring substituents is 1. The molecule has 0 unspecified atom stereocenters. The zero-order chi connectivity index (χ0) is 17.8. The van der Waals surface area contributed by atoms with Crippen LogP contribution in [0.3, 0.4) is 0 Å². The fourth-order valence-electron chi connectivity index (χ4n) is 3.00. The van der Waals surface area contributed by atoms with Gasteiger partial charge in [0.25, 0.3) is 5.69 Å². The number of carbonyl (C=O) groups excluding carboxylic acids is 2. The number of nitro groups is 1. The SMILES string of the molecule is O=C(COC(=O)c1ccccc1[N+](=O)[O-])c1ccc2c(c1)CCCC2. The van der Waals surface area contributed by atoms with E-state index >= 15 is 0 Å². The minimum atomic E-state index is -0.876. The second-order valence-electron chi connectivity index (χ2n) is 5.96. The van der Waals surface area contributed by atoms with Crippen molar-refractivity contribution in [1.82, 2.24) is 0 Å². The lowest BCUT2D eigenvalue weighted by Crippen LogP contribution is -2.16.